The summed E-state index contributed by atoms with van der Waals surface area (Å²) in [6, 6.07) is 3.73. The van der Waals surface area contributed by atoms with Gasteiger partial charge >= 0.3 is 5.97 Å². The van der Waals surface area contributed by atoms with Gasteiger partial charge in [-0.2, -0.15) is 0 Å². The van der Waals surface area contributed by atoms with Gasteiger partial charge in [0.15, 0.2) is 0 Å². The fraction of sp³-hybridized carbons (Fsp3) is 0.643. The standard InChI is InChI=1S/C14H22N2O4.ClH/c1-18-11-5-6-16(10(7-11)8-15)9-12-3-4-13(20-12)14(17)19-2;/h3-4,10-11H,5-9,15H2,1-2H3;1H. The highest BCUT2D eigenvalue weighted by Gasteiger charge is 2.28. The number of ether oxygens (including phenoxy) is 2. The van der Waals surface area contributed by atoms with Crippen LogP contribution >= 0.6 is 12.4 Å². The average molecular weight is 319 g/mol. The fourth-order valence-corrected chi connectivity index (χ4v) is 2.60. The Kier molecular flexibility index (Phi) is 7.17. The van der Waals surface area contributed by atoms with Gasteiger partial charge in [-0.25, -0.2) is 4.79 Å². The van der Waals surface area contributed by atoms with Crippen molar-refractivity contribution in [1.82, 2.24) is 4.90 Å². The van der Waals surface area contributed by atoms with Crippen LogP contribution in [0.15, 0.2) is 16.5 Å². The summed E-state index contributed by atoms with van der Waals surface area (Å²) in [5.41, 5.74) is 5.84. The van der Waals surface area contributed by atoms with Gasteiger partial charge in [-0.15, -0.1) is 12.4 Å². The number of halogens is 1. The number of hydrogen-bond donors (Lipinski definition) is 1. The Morgan fingerprint density at radius 2 is 2.24 bits per heavy atom. The zero-order chi connectivity index (χ0) is 14.5. The molecule has 0 aliphatic carbocycles. The lowest BCUT2D eigenvalue weighted by Crippen LogP contribution is -2.47. The van der Waals surface area contributed by atoms with E-state index >= 15 is 0 Å². The van der Waals surface area contributed by atoms with Crippen molar-refractivity contribution in [2.75, 3.05) is 27.3 Å². The minimum atomic E-state index is -0.454. The second-order valence-corrected chi connectivity index (χ2v) is 5.00. The number of esters is 1. The van der Waals surface area contributed by atoms with Crippen molar-refractivity contribution in [3.05, 3.63) is 23.7 Å². The van der Waals surface area contributed by atoms with E-state index in [2.05, 4.69) is 9.64 Å². The van der Waals surface area contributed by atoms with Crippen molar-refractivity contribution < 1.29 is 18.7 Å². The van der Waals surface area contributed by atoms with Gasteiger partial charge in [0.1, 0.15) is 5.76 Å². The minimum absolute atomic E-state index is 0. The van der Waals surface area contributed by atoms with Crippen LogP contribution in [0.5, 0.6) is 0 Å². The van der Waals surface area contributed by atoms with Gasteiger partial charge in [-0.3, -0.25) is 4.90 Å². The number of methoxy groups -OCH3 is 2. The number of hydrogen-bond acceptors (Lipinski definition) is 6. The molecule has 120 valence electrons. The molecule has 7 heteroatoms. The van der Waals surface area contributed by atoms with Gasteiger partial charge in [0, 0.05) is 26.2 Å². The number of furan rings is 1. The molecule has 2 N–H and O–H groups in total. The summed E-state index contributed by atoms with van der Waals surface area (Å²) < 4.78 is 15.5. The lowest BCUT2D eigenvalue weighted by molar-refractivity contribution is 0.00777. The van der Waals surface area contributed by atoms with Gasteiger partial charge in [0.05, 0.1) is 19.8 Å². The smallest absolute Gasteiger partial charge is 0.373 e. The van der Waals surface area contributed by atoms with Crippen molar-refractivity contribution in [3.8, 4) is 0 Å². The molecule has 1 aliphatic heterocycles. The van der Waals surface area contributed by atoms with E-state index in [1.54, 1.807) is 13.2 Å². The number of piperidine rings is 1. The number of likely N-dealkylation sites (tertiary alicyclic amines) is 1. The maximum Gasteiger partial charge on any atom is 0.373 e. The number of rotatable bonds is 5. The maximum absolute atomic E-state index is 11.4. The van der Waals surface area contributed by atoms with Gasteiger partial charge in [0.25, 0.3) is 0 Å². The van der Waals surface area contributed by atoms with Crippen LogP contribution in [0, 0.1) is 0 Å². The first kappa shape index (κ1) is 18.0. The molecule has 0 spiro atoms. The lowest BCUT2D eigenvalue weighted by Gasteiger charge is -2.37. The summed E-state index contributed by atoms with van der Waals surface area (Å²) in [4.78, 5) is 13.6. The molecule has 1 fully saturated rings. The van der Waals surface area contributed by atoms with Gasteiger partial charge in [-0.05, 0) is 25.0 Å². The van der Waals surface area contributed by atoms with E-state index in [1.807, 2.05) is 6.07 Å². The largest absolute Gasteiger partial charge is 0.463 e. The van der Waals surface area contributed by atoms with E-state index in [9.17, 15) is 4.79 Å². The van der Waals surface area contributed by atoms with Gasteiger partial charge in [0.2, 0.25) is 5.76 Å². The molecular weight excluding hydrogens is 296 g/mol. The first-order valence-corrected chi connectivity index (χ1v) is 6.81. The van der Waals surface area contributed by atoms with Crippen molar-refractivity contribution in [3.63, 3.8) is 0 Å². The van der Waals surface area contributed by atoms with Crippen molar-refractivity contribution in [2.45, 2.75) is 31.5 Å². The van der Waals surface area contributed by atoms with E-state index in [-0.39, 0.29) is 30.3 Å². The highest BCUT2D eigenvalue weighted by atomic mass is 35.5. The summed E-state index contributed by atoms with van der Waals surface area (Å²) in [6.45, 7) is 2.15. The number of nitrogens with zero attached hydrogens (tertiary/aromatic N) is 1. The molecule has 2 rings (SSSR count). The van der Waals surface area contributed by atoms with E-state index in [0.29, 0.717) is 13.1 Å². The van der Waals surface area contributed by atoms with Crippen LogP contribution in [-0.4, -0.2) is 50.3 Å². The molecule has 1 aromatic rings. The Labute approximate surface area is 131 Å². The van der Waals surface area contributed by atoms with Gasteiger partial charge in [-0.1, -0.05) is 0 Å². The molecule has 2 unspecified atom stereocenters. The van der Waals surface area contributed by atoms with Crippen molar-refractivity contribution >= 4 is 18.4 Å². The topological polar surface area (TPSA) is 77.9 Å². The Balaban J connectivity index is 0.00000220. The van der Waals surface area contributed by atoms with Crippen LogP contribution in [0.25, 0.3) is 0 Å². The lowest BCUT2D eigenvalue weighted by atomic mass is 9.99. The predicted molar refractivity (Wildman–Crippen MR) is 80.6 cm³/mol. The Morgan fingerprint density at radius 1 is 1.48 bits per heavy atom. The minimum Gasteiger partial charge on any atom is -0.463 e. The molecule has 0 amide bonds. The number of carbonyl (C=O) groups excluding carboxylic acids is 1. The van der Waals surface area contributed by atoms with Crippen LogP contribution in [0.4, 0.5) is 0 Å². The molecule has 0 saturated carbocycles. The highest BCUT2D eigenvalue weighted by molar-refractivity contribution is 5.86. The molecule has 21 heavy (non-hydrogen) atoms. The average Bonchev–Trinajstić information content (AvgIpc) is 2.95. The molecule has 2 atom stereocenters. The third kappa shape index (κ3) is 4.44. The third-order valence-corrected chi connectivity index (χ3v) is 3.80. The number of carbonyl (C=O) groups is 1. The summed E-state index contributed by atoms with van der Waals surface area (Å²) in [6.07, 6.45) is 2.19. The van der Waals surface area contributed by atoms with Crippen molar-refractivity contribution in [2.24, 2.45) is 5.73 Å². The second-order valence-electron chi connectivity index (χ2n) is 5.00. The van der Waals surface area contributed by atoms with Crippen molar-refractivity contribution in [1.29, 1.82) is 0 Å². The fourth-order valence-electron chi connectivity index (χ4n) is 2.60. The van der Waals surface area contributed by atoms with E-state index in [1.165, 1.54) is 7.11 Å². The first-order chi connectivity index (χ1) is 9.67. The van der Waals surface area contributed by atoms with Crippen LogP contribution in [-0.2, 0) is 16.0 Å². The van der Waals surface area contributed by atoms with Crippen LogP contribution < -0.4 is 5.73 Å². The predicted octanol–water partition coefficient (Wildman–Crippen LogP) is 1.43. The number of nitrogens with two attached hydrogens (primary N) is 1. The Bertz CT molecular complexity index is 452. The summed E-state index contributed by atoms with van der Waals surface area (Å²) in [5, 5.41) is 0. The zero-order valence-electron chi connectivity index (χ0n) is 12.4. The summed E-state index contributed by atoms with van der Waals surface area (Å²) in [5.74, 6) is 0.531. The molecule has 1 aromatic heterocycles. The van der Waals surface area contributed by atoms with Gasteiger partial charge < -0.3 is 19.6 Å². The molecule has 1 saturated heterocycles. The molecule has 0 aromatic carbocycles. The quantitative estimate of drug-likeness (QED) is 0.827. The Hall–Kier alpha value is -1.08. The molecule has 2 heterocycles. The van der Waals surface area contributed by atoms with E-state index < -0.39 is 5.97 Å². The SMILES string of the molecule is COC(=O)c1ccc(CN2CCC(OC)CC2CN)o1.Cl. The monoisotopic (exact) mass is 318 g/mol. The summed E-state index contributed by atoms with van der Waals surface area (Å²) in [7, 11) is 3.08. The van der Waals surface area contributed by atoms with Crippen LogP contribution in [0.3, 0.4) is 0 Å². The molecule has 1 aliphatic rings. The van der Waals surface area contributed by atoms with Crippen LogP contribution in [0.2, 0.25) is 0 Å². The first-order valence-electron chi connectivity index (χ1n) is 6.81. The van der Waals surface area contributed by atoms with E-state index in [4.69, 9.17) is 14.9 Å². The normalized spacial score (nSPS) is 22.6. The molecule has 0 bridgehead atoms. The van der Waals surface area contributed by atoms with E-state index in [0.717, 1.165) is 25.1 Å². The molecular formula is C14H23ClN2O4. The zero-order valence-corrected chi connectivity index (χ0v) is 13.2. The Morgan fingerprint density at radius 3 is 2.86 bits per heavy atom. The third-order valence-electron chi connectivity index (χ3n) is 3.80. The highest BCUT2D eigenvalue weighted by Crippen LogP contribution is 2.22. The molecule has 6 nitrogen and oxygen atoms in total. The second kappa shape index (κ2) is 8.38. The van der Waals surface area contributed by atoms with Crippen LogP contribution in [0.1, 0.15) is 29.2 Å². The summed E-state index contributed by atoms with van der Waals surface area (Å²) >= 11 is 0. The molecule has 0 radical (unpaired) electrons. The maximum atomic E-state index is 11.4.